The largest absolute Gasteiger partial charge is 0.484 e. The maximum atomic E-state index is 11.9. The molecule has 0 aliphatic carbocycles. The van der Waals surface area contributed by atoms with E-state index in [4.69, 9.17) is 5.73 Å². The van der Waals surface area contributed by atoms with Crippen LogP contribution >= 0.6 is 0 Å². The van der Waals surface area contributed by atoms with Crippen molar-refractivity contribution < 1.29 is 22.7 Å². The van der Waals surface area contributed by atoms with Gasteiger partial charge in [0.15, 0.2) is 6.61 Å². The van der Waals surface area contributed by atoms with Gasteiger partial charge >= 0.3 is 6.18 Å². The Morgan fingerprint density at radius 3 is 2.76 bits per heavy atom. The SMILES string of the molecule is NC1C(=O)Nc2cc(OCC(F)(F)F)ccc21. The van der Waals surface area contributed by atoms with Gasteiger partial charge in [-0.2, -0.15) is 13.2 Å². The summed E-state index contributed by atoms with van der Waals surface area (Å²) in [6, 6.07) is 3.38. The van der Waals surface area contributed by atoms with Gasteiger partial charge in [0.1, 0.15) is 11.8 Å². The predicted octanol–water partition coefficient (Wildman–Crippen LogP) is 1.58. The number of hydrogen-bond acceptors (Lipinski definition) is 3. The molecule has 0 bridgehead atoms. The number of nitrogens with two attached hydrogens (primary N) is 1. The van der Waals surface area contributed by atoms with Crippen LogP contribution in [0.3, 0.4) is 0 Å². The van der Waals surface area contributed by atoms with Crippen LogP contribution in [0.1, 0.15) is 11.6 Å². The zero-order valence-electron chi connectivity index (χ0n) is 8.54. The van der Waals surface area contributed by atoms with Crippen LogP contribution in [0.25, 0.3) is 0 Å². The standard InChI is InChI=1S/C10H9F3N2O2/c11-10(12,13)4-17-5-1-2-6-7(3-5)15-9(16)8(6)14/h1-3,8H,4,14H2,(H,15,16). The smallest absolute Gasteiger partial charge is 0.422 e. The fraction of sp³-hybridized carbons (Fsp3) is 0.300. The minimum absolute atomic E-state index is 0.0375. The van der Waals surface area contributed by atoms with Crippen molar-refractivity contribution >= 4 is 11.6 Å². The number of anilines is 1. The summed E-state index contributed by atoms with van der Waals surface area (Å²) in [5.74, 6) is -0.344. The van der Waals surface area contributed by atoms with Crippen LogP contribution in [0, 0.1) is 0 Å². The first-order valence-electron chi connectivity index (χ1n) is 4.77. The van der Waals surface area contributed by atoms with Gasteiger partial charge in [-0.05, 0) is 6.07 Å². The number of carbonyl (C=O) groups is 1. The molecule has 1 heterocycles. The third-order valence-electron chi connectivity index (χ3n) is 2.30. The van der Waals surface area contributed by atoms with Gasteiger partial charge in [0.25, 0.3) is 0 Å². The molecule has 0 radical (unpaired) electrons. The third kappa shape index (κ3) is 2.50. The van der Waals surface area contributed by atoms with E-state index in [0.29, 0.717) is 11.3 Å². The van der Waals surface area contributed by atoms with Crippen molar-refractivity contribution in [1.29, 1.82) is 0 Å². The van der Waals surface area contributed by atoms with Gasteiger partial charge in [0, 0.05) is 17.3 Å². The number of amides is 1. The second-order valence-corrected chi connectivity index (χ2v) is 3.62. The van der Waals surface area contributed by atoms with E-state index in [1.165, 1.54) is 18.2 Å². The van der Waals surface area contributed by atoms with Crippen molar-refractivity contribution in [3.05, 3.63) is 23.8 Å². The van der Waals surface area contributed by atoms with Gasteiger partial charge in [-0.25, -0.2) is 0 Å². The molecule has 1 aromatic rings. The zero-order valence-corrected chi connectivity index (χ0v) is 8.54. The van der Waals surface area contributed by atoms with E-state index in [-0.39, 0.29) is 11.7 Å². The fourth-order valence-corrected chi connectivity index (χ4v) is 1.52. The molecule has 3 N–H and O–H groups in total. The lowest BCUT2D eigenvalue weighted by molar-refractivity contribution is -0.153. The molecule has 0 saturated carbocycles. The highest BCUT2D eigenvalue weighted by Crippen LogP contribution is 2.32. The maximum Gasteiger partial charge on any atom is 0.422 e. The van der Waals surface area contributed by atoms with E-state index in [2.05, 4.69) is 10.1 Å². The summed E-state index contributed by atoms with van der Waals surface area (Å²) in [7, 11) is 0. The van der Waals surface area contributed by atoms with Crippen molar-refractivity contribution in [3.8, 4) is 5.75 Å². The highest BCUT2D eigenvalue weighted by Gasteiger charge is 2.30. The second-order valence-electron chi connectivity index (χ2n) is 3.62. The van der Waals surface area contributed by atoms with Crippen LogP contribution in [0.15, 0.2) is 18.2 Å². The molecule has 4 nitrogen and oxygen atoms in total. The number of fused-ring (bicyclic) bond motifs is 1. The zero-order chi connectivity index (χ0) is 12.6. The van der Waals surface area contributed by atoms with Crippen LogP contribution < -0.4 is 15.8 Å². The highest BCUT2D eigenvalue weighted by atomic mass is 19.4. The van der Waals surface area contributed by atoms with Crippen molar-refractivity contribution in [2.24, 2.45) is 5.73 Å². The van der Waals surface area contributed by atoms with Gasteiger partial charge in [0.2, 0.25) is 5.91 Å². The molecule has 1 aliphatic heterocycles. The number of rotatable bonds is 2. The quantitative estimate of drug-likeness (QED) is 0.832. The van der Waals surface area contributed by atoms with E-state index in [1.807, 2.05) is 0 Å². The monoisotopic (exact) mass is 246 g/mol. The first kappa shape index (κ1) is 11.7. The van der Waals surface area contributed by atoms with Crippen LogP contribution in [0.4, 0.5) is 18.9 Å². The molecule has 0 fully saturated rings. The van der Waals surface area contributed by atoms with E-state index in [9.17, 15) is 18.0 Å². The average Bonchev–Trinajstić information content (AvgIpc) is 2.51. The highest BCUT2D eigenvalue weighted by molar-refractivity contribution is 6.02. The Morgan fingerprint density at radius 2 is 2.12 bits per heavy atom. The number of alkyl halides is 3. The summed E-state index contributed by atoms with van der Waals surface area (Å²) < 4.78 is 40.3. The number of ether oxygens (including phenoxy) is 1. The molecule has 1 unspecified atom stereocenters. The minimum atomic E-state index is -4.39. The number of halogens is 3. The van der Waals surface area contributed by atoms with Crippen LogP contribution in [0.5, 0.6) is 5.75 Å². The molecule has 1 aliphatic rings. The Kier molecular flexibility index (Phi) is 2.70. The summed E-state index contributed by atoms with van der Waals surface area (Å²) in [6.45, 7) is -1.37. The number of hydrogen-bond donors (Lipinski definition) is 2. The Morgan fingerprint density at radius 1 is 1.41 bits per heavy atom. The van der Waals surface area contributed by atoms with Crippen molar-refractivity contribution in [1.82, 2.24) is 0 Å². The topological polar surface area (TPSA) is 64.4 Å². The molecule has 0 saturated heterocycles. The molecule has 0 spiro atoms. The summed E-state index contributed by atoms with van der Waals surface area (Å²) in [5.41, 5.74) is 6.49. The molecule has 0 aromatic heterocycles. The first-order valence-corrected chi connectivity index (χ1v) is 4.77. The summed E-state index contributed by atoms with van der Waals surface area (Å²) >= 11 is 0. The molecule has 1 aromatic carbocycles. The van der Waals surface area contributed by atoms with E-state index >= 15 is 0 Å². The normalized spacial score (nSPS) is 18.8. The van der Waals surface area contributed by atoms with Crippen molar-refractivity contribution in [3.63, 3.8) is 0 Å². The molecular weight excluding hydrogens is 237 g/mol. The molecule has 92 valence electrons. The lowest BCUT2D eigenvalue weighted by atomic mass is 10.1. The fourth-order valence-electron chi connectivity index (χ4n) is 1.52. The van der Waals surface area contributed by atoms with E-state index in [1.54, 1.807) is 0 Å². The molecular formula is C10H9F3N2O2. The average molecular weight is 246 g/mol. The van der Waals surface area contributed by atoms with Crippen LogP contribution in [0.2, 0.25) is 0 Å². The number of nitrogens with one attached hydrogen (secondary N) is 1. The van der Waals surface area contributed by atoms with Gasteiger partial charge in [-0.1, -0.05) is 6.07 Å². The summed E-state index contributed by atoms with van der Waals surface area (Å²) in [4.78, 5) is 11.2. The molecule has 1 amide bonds. The van der Waals surface area contributed by atoms with Gasteiger partial charge in [0.05, 0.1) is 0 Å². The molecule has 2 rings (SSSR count). The van der Waals surface area contributed by atoms with Crippen LogP contribution in [-0.4, -0.2) is 18.7 Å². The Balaban J connectivity index is 2.14. The summed E-state index contributed by atoms with van der Waals surface area (Å²) in [5, 5.41) is 2.46. The van der Waals surface area contributed by atoms with Crippen molar-refractivity contribution in [2.75, 3.05) is 11.9 Å². The Bertz CT molecular complexity index is 459. The third-order valence-corrected chi connectivity index (χ3v) is 2.30. The Hall–Kier alpha value is -1.76. The predicted molar refractivity (Wildman–Crippen MR) is 53.6 cm³/mol. The summed E-state index contributed by atoms with van der Waals surface area (Å²) in [6.07, 6.45) is -4.39. The first-order chi connectivity index (χ1) is 7.87. The van der Waals surface area contributed by atoms with Gasteiger partial charge in [-0.15, -0.1) is 0 Å². The van der Waals surface area contributed by atoms with Crippen molar-refractivity contribution in [2.45, 2.75) is 12.2 Å². The lowest BCUT2D eigenvalue weighted by Gasteiger charge is -2.10. The number of carbonyl (C=O) groups excluding carboxylic acids is 1. The number of benzene rings is 1. The van der Waals surface area contributed by atoms with E-state index < -0.39 is 18.8 Å². The Labute approximate surface area is 94.5 Å². The molecule has 1 atom stereocenters. The maximum absolute atomic E-state index is 11.9. The molecule has 7 heteroatoms. The molecule has 17 heavy (non-hydrogen) atoms. The minimum Gasteiger partial charge on any atom is -0.484 e. The lowest BCUT2D eigenvalue weighted by Crippen LogP contribution is -2.19. The van der Waals surface area contributed by atoms with Gasteiger partial charge in [-0.3, -0.25) is 4.79 Å². The van der Waals surface area contributed by atoms with Crippen LogP contribution in [-0.2, 0) is 4.79 Å². The van der Waals surface area contributed by atoms with E-state index in [0.717, 1.165) is 0 Å². The second kappa shape index (κ2) is 3.92. The van der Waals surface area contributed by atoms with Gasteiger partial charge < -0.3 is 15.8 Å².